The Bertz CT molecular complexity index is 545. The van der Waals surface area contributed by atoms with Crippen molar-refractivity contribution in [2.45, 2.75) is 13.8 Å². The van der Waals surface area contributed by atoms with Gasteiger partial charge in [-0.15, -0.1) is 0 Å². The minimum Gasteiger partial charge on any atom is -0.0870 e. The van der Waals surface area contributed by atoms with Gasteiger partial charge in [-0.05, 0) is 35.7 Å². The predicted molar refractivity (Wildman–Crippen MR) is 73.4 cm³/mol. The van der Waals surface area contributed by atoms with Gasteiger partial charge < -0.3 is 0 Å². The zero-order valence-corrected chi connectivity index (χ0v) is 9.77. The van der Waals surface area contributed by atoms with Crippen LogP contribution in [-0.4, -0.2) is 0 Å². The SMILES string of the molecule is CC=Cc1ccc2ccccc2c1C=CC. The van der Waals surface area contributed by atoms with Crippen LogP contribution in [0, 0.1) is 0 Å². The van der Waals surface area contributed by atoms with Gasteiger partial charge in [-0.25, -0.2) is 0 Å². The molecule has 16 heavy (non-hydrogen) atoms. The molecule has 0 N–H and O–H groups in total. The summed E-state index contributed by atoms with van der Waals surface area (Å²) in [6.07, 6.45) is 8.51. The summed E-state index contributed by atoms with van der Waals surface area (Å²) in [7, 11) is 0. The molecule has 2 aromatic rings. The molecular weight excluding hydrogens is 192 g/mol. The van der Waals surface area contributed by atoms with Gasteiger partial charge in [0.1, 0.15) is 0 Å². The smallest absolute Gasteiger partial charge is 0.0106 e. The Morgan fingerprint density at radius 3 is 2.31 bits per heavy atom. The van der Waals surface area contributed by atoms with E-state index in [4.69, 9.17) is 0 Å². The van der Waals surface area contributed by atoms with Crippen LogP contribution in [0.5, 0.6) is 0 Å². The average Bonchev–Trinajstić information content (AvgIpc) is 2.32. The van der Waals surface area contributed by atoms with Gasteiger partial charge in [0.25, 0.3) is 0 Å². The van der Waals surface area contributed by atoms with Gasteiger partial charge in [0.2, 0.25) is 0 Å². The zero-order valence-electron chi connectivity index (χ0n) is 9.77. The predicted octanol–water partition coefficient (Wildman–Crippen LogP) is 4.91. The fourth-order valence-electron chi connectivity index (χ4n) is 1.99. The van der Waals surface area contributed by atoms with Crippen LogP contribution in [0.3, 0.4) is 0 Å². The number of allylic oxidation sites excluding steroid dienone is 2. The molecule has 0 aliphatic rings. The summed E-state index contributed by atoms with van der Waals surface area (Å²) < 4.78 is 0. The molecule has 0 bridgehead atoms. The first-order valence-corrected chi connectivity index (χ1v) is 5.64. The largest absolute Gasteiger partial charge is 0.0870 e. The quantitative estimate of drug-likeness (QED) is 0.658. The van der Waals surface area contributed by atoms with E-state index in [0.717, 1.165) is 0 Å². The van der Waals surface area contributed by atoms with Crippen LogP contribution in [0.25, 0.3) is 22.9 Å². The lowest BCUT2D eigenvalue weighted by atomic mass is 9.98. The number of rotatable bonds is 2. The van der Waals surface area contributed by atoms with Crippen molar-refractivity contribution in [2.75, 3.05) is 0 Å². The third kappa shape index (κ3) is 1.92. The Kier molecular flexibility index (Phi) is 3.21. The monoisotopic (exact) mass is 208 g/mol. The van der Waals surface area contributed by atoms with Gasteiger partial charge in [0.15, 0.2) is 0 Å². The molecule has 0 spiro atoms. The zero-order chi connectivity index (χ0) is 11.4. The molecule has 2 rings (SSSR count). The van der Waals surface area contributed by atoms with Crippen molar-refractivity contribution in [1.29, 1.82) is 0 Å². The lowest BCUT2D eigenvalue weighted by molar-refractivity contribution is 1.64. The first kappa shape index (κ1) is 10.7. The fraction of sp³-hybridized carbons (Fsp3) is 0.125. The Morgan fingerprint density at radius 1 is 0.812 bits per heavy atom. The highest BCUT2D eigenvalue weighted by Crippen LogP contribution is 2.24. The summed E-state index contributed by atoms with van der Waals surface area (Å²) in [6, 6.07) is 12.9. The highest BCUT2D eigenvalue weighted by Gasteiger charge is 2.01. The van der Waals surface area contributed by atoms with Crippen molar-refractivity contribution in [3.8, 4) is 0 Å². The van der Waals surface area contributed by atoms with Gasteiger partial charge in [0.05, 0.1) is 0 Å². The van der Waals surface area contributed by atoms with Gasteiger partial charge in [-0.1, -0.05) is 60.7 Å². The molecule has 80 valence electrons. The van der Waals surface area contributed by atoms with Crippen molar-refractivity contribution in [3.05, 3.63) is 59.7 Å². The summed E-state index contributed by atoms with van der Waals surface area (Å²) in [5, 5.41) is 2.61. The Hall–Kier alpha value is -1.82. The minimum atomic E-state index is 1.28. The van der Waals surface area contributed by atoms with E-state index in [9.17, 15) is 0 Å². The molecule has 0 nitrogen and oxygen atoms in total. The molecule has 0 fully saturated rings. The van der Waals surface area contributed by atoms with Gasteiger partial charge in [0, 0.05) is 0 Å². The Balaban J connectivity index is 2.78. The summed E-state index contributed by atoms with van der Waals surface area (Å²) in [6.45, 7) is 4.11. The maximum absolute atomic E-state index is 2.18. The Morgan fingerprint density at radius 2 is 1.56 bits per heavy atom. The first-order valence-electron chi connectivity index (χ1n) is 5.64. The number of fused-ring (bicyclic) bond motifs is 1. The van der Waals surface area contributed by atoms with Crippen LogP contribution in [-0.2, 0) is 0 Å². The van der Waals surface area contributed by atoms with Crippen LogP contribution in [0.1, 0.15) is 25.0 Å². The number of benzene rings is 2. The molecule has 0 amide bonds. The molecule has 0 heterocycles. The molecule has 0 saturated carbocycles. The third-order valence-electron chi connectivity index (χ3n) is 2.68. The maximum Gasteiger partial charge on any atom is -0.0106 e. The van der Waals surface area contributed by atoms with E-state index < -0.39 is 0 Å². The summed E-state index contributed by atoms with van der Waals surface area (Å²) in [5.41, 5.74) is 2.58. The van der Waals surface area contributed by atoms with Crippen molar-refractivity contribution in [1.82, 2.24) is 0 Å². The van der Waals surface area contributed by atoms with E-state index >= 15 is 0 Å². The maximum atomic E-state index is 2.18. The molecular formula is C16H16. The van der Waals surface area contributed by atoms with E-state index in [1.54, 1.807) is 0 Å². The van der Waals surface area contributed by atoms with E-state index in [2.05, 4.69) is 74.5 Å². The summed E-state index contributed by atoms with van der Waals surface area (Å²) >= 11 is 0. The van der Waals surface area contributed by atoms with E-state index in [0.29, 0.717) is 0 Å². The minimum absolute atomic E-state index is 1.28. The molecule has 2 aromatic carbocycles. The number of hydrogen-bond acceptors (Lipinski definition) is 0. The van der Waals surface area contributed by atoms with E-state index in [1.807, 2.05) is 0 Å². The van der Waals surface area contributed by atoms with Gasteiger partial charge >= 0.3 is 0 Å². The van der Waals surface area contributed by atoms with Gasteiger partial charge in [-0.3, -0.25) is 0 Å². The second-order valence-corrected chi connectivity index (χ2v) is 3.79. The highest BCUT2D eigenvalue weighted by atomic mass is 14.1. The van der Waals surface area contributed by atoms with Crippen LogP contribution in [0.2, 0.25) is 0 Å². The van der Waals surface area contributed by atoms with Crippen LogP contribution in [0.15, 0.2) is 48.6 Å². The van der Waals surface area contributed by atoms with Crippen LogP contribution >= 0.6 is 0 Å². The second-order valence-electron chi connectivity index (χ2n) is 3.79. The second kappa shape index (κ2) is 4.80. The number of hydrogen-bond donors (Lipinski definition) is 0. The molecule has 0 saturated heterocycles. The standard InChI is InChI=1S/C16H16/c1-3-7-13-11-12-14-9-5-6-10-16(14)15(13)8-4-2/h3-12H,1-2H3. The first-order chi connectivity index (χ1) is 7.86. The lowest BCUT2D eigenvalue weighted by Gasteiger charge is -2.06. The summed E-state index contributed by atoms with van der Waals surface area (Å²) in [4.78, 5) is 0. The summed E-state index contributed by atoms with van der Waals surface area (Å²) in [5.74, 6) is 0. The van der Waals surface area contributed by atoms with Crippen molar-refractivity contribution >= 4 is 22.9 Å². The van der Waals surface area contributed by atoms with Crippen LogP contribution in [0.4, 0.5) is 0 Å². The van der Waals surface area contributed by atoms with E-state index in [1.165, 1.54) is 21.9 Å². The topological polar surface area (TPSA) is 0 Å². The molecule has 0 aliphatic carbocycles. The molecule has 0 unspecified atom stereocenters. The van der Waals surface area contributed by atoms with Crippen molar-refractivity contribution in [3.63, 3.8) is 0 Å². The Labute approximate surface area is 96.9 Å². The average molecular weight is 208 g/mol. The van der Waals surface area contributed by atoms with Gasteiger partial charge in [-0.2, -0.15) is 0 Å². The van der Waals surface area contributed by atoms with E-state index in [-0.39, 0.29) is 0 Å². The molecule has 0 radical (unpaired) electrons. The molecule has 0 heteroatoms. The van der Waals surface area contributed by atoms with Crippen molar-refractivity contribution < 1.29 is 0 Å². The highest BCUT2D eigenvalue weighted by molar-refractivity contribution is 5.94. The fourth-order valence-corrected chi connectivity index (χ4v) is 1.99. The molecule has 0 aliphatic heterocycles. The van der Waals surface area contributed by atoms with Crippen molar-refractivity contribution in [2.24, 2.45) is 0 Å². The third-order valence-corrected chi connectivity index (χ3v) is 2.68. The molecule has 0 aromatic heterocycles. The molecule has 0 atom stereocenters. The lowest BCUT2D eigenvalue weighted by Crippen LogP contribution is -1.83. The van der Waals surface area contributed by atoms with Crippen LogP contribution < -0.4 is 0 Å². The normalized spacial score (nSPS) is 11.9.